The van der Waals surface area contributed by atoms with Crippen molar-refractivity contribution < 1.29 is 9.47 Å². The predicted molar refractivity (Wildman–Crippen MR) is 78.8 cm³/mol. The largest absolute Gasteiger partial charge is 0.497 e. The predicted octanol–water partition coefficient (Wildman–Crippen LogP) is 2.94. The van der Waals surface area contributed by atoms with E-state index in [1.165, 1.54) is 6.42 Å². The van der Waals surface area contributed by atoms with Gasteiger partial charge in [-0.25, -0.2) is 0 Å². The molecule has 1 rings (SSSR count). The van der Waals surface area contributed by atoms with Gasteiger partial charge in [0.05, 0.1) is 14.2 Å². The summed E-state index contributed by atoms with van der Waals surface area (Å²) >= 11 is 1.90. The zero-order valence-corrected chi connectivity index (χ0v) is 12.5. The number of methoxy groups -OCH3 is 2. The summed E-state index contributed by atoms with van der Waals surface area (Å²) in [6, 6.07) is 5.92. The Balaban J connectivity index is 2.46. The maximum Gasteiger partial charge on any atom is 0.127 e. The first-order chi connectivity index (χ1) is 8.71. The van der Waals surface area contributed by atoms with Gasteiger partial charge in [0.25, 0.3) is 0 Å². The van der Waals surface area contributed by atoms with E-state index >= 15 is 0 Å². The zero-order valence-electron chi connectivity index (χ0n) is 11.7. The molecule has 1 unspecified atom stereocenters. The summed E-state index contributed by atoms with van der Waals surface area (Å²) in [5, 5.41) is 4.15. The number of hydrogen-bond donors (Lipinski definition) is 1. The molecule has 1 N–H and O–H groups in total. The van der Waals surface area contributed by atoms with Crippen LogP contribution in [0, 0.1) is 0 Å². The molecule has 0 fully saturated rings. The first-order valence-corrected chi connectivity index (χ1v) is 7.44. The third-order valence-corrected chi connectivity index (χ3v) is 3.98. The average molecular weight is 269 g/mol. The van der Waals surface area contributed by atoms with E-state index in [0.29, 0.717) is 5.25 Å². The van der Waals surface area contributed by atoms with Crippen LogP contribution < -0.4 is 14.8 Å². The molecule has 0 saturated carbocycles. The SMILES string of the molecule is COc1ccc(CNCCC(C)SC)c(OC)c1. The van der Waals surface area contributed by atoms with Crippen LogP contribution in [0.5, 0.6) is 11.5 Å². The Morgan fingerprint density at radius 3 is 2.67 bits per heavy atom. The van der Waals surface area contributed by atoms with Crippen LogP contribution in [0.1, 0.15) is 18.9 Å². The lowest BCUT2D eigenvalue weighted by Gasteiger charge is -2.12. The monoisotopic (exact) mass is 269 g/mol. The molecule has 0 spiro atoms. The highest BCUT2D eigenvalue weighted by Gasteiger charge is 2.05. The Kier molecular flexibility index (Phi) is 6.98. The lowest BCUT2D eigenvalue weighted by Crippen LogP contribution is -2.18. The smallest absolute Gasteiger partial charge is 0.127 e. The van der Waals surface area contributed by atoms with Crippen molar-refractivity contribution in [1.29, 1.82) is 0 Å². The molecule has 0 aromatic heterocycles. The highest BCUT2D eigenvalue weighted by molar-refractivity contribution is 7.99. The van der Waals surface area contributed by atoms with Gasteiger partial charge in [-0.3, -0.25) is 0 Å². The molecule has 1 aromatic rings. The van der Waals surface area contributed by atoms with Crippen molar-refractivity contribution in [2.75, 3.05) is 27.0 Å². The van der Waals surface area contributed by atoms with Crippen LogP contribution >= 0.6 is 11.8 Å². The summed E-state index contributed by atoms with van der Waals surface area (Å²) in [5.41, 5.74) is 1.16. The molecule has 1 atom stereocenters. The Hall–Kier alpha value is -0.870. The van der Waals surface area contributed by atoms with E-state index in [2.05, 4.69) is 18.5 Å². The molecule has 4 heteroatoms. The normalized spacial score (nSPS) is 12.2. The van der Waals surface area contributed by atoms with Gasteiger partial charge in [0.2, 0.25) is 0 Å². The molecule has 3 nitrogen and oxygen atoms in total. The van der Waals surface area contributed by atoms with Crippen LogP contribution in [0.3, 0.4) is 0 Å². The minimum absolute atomic E-state index is 0.704. The fourth-order valence-corrected chi connectivity index (χ4v) is 2.00. The third kappa shape index (κ3) is 4.78. The first kappa shape index (κ1) is 15.2. The molecule has 0 aliphatic carbocycles. The van der Waals surface area contributed by atoms with Crippen molar-refractivity contribution in [1.82, 2.24) is 5.32 Å². The van der Waals surface area contributed by atoms with E-state index in [9.17, 15) is 0 Å². The minimum atomic E-state index is 0.704. The van der Waals surface area contributed by atoms with E-state index in [1.54, 1.807) is 14.2 Å². The Morgan fingerprint density at radius 2 is 2.06 bits per heavy atom. The number of rotatable bonds is 8. The van der Waals surface area contributed by atoms with Gasteiger partial charge in [0, 0.05) is 23.4 Å². The highest BCUT2D eigenvalue weighted by Crippen LogP contribution is 2.24. The summed E-state index contributed by atoms with van der Waals surface area (Å²) in [6.45, 7) is 4.10. The topological polar surface area (TPSA) is 30.5 Å². The van der Waals surface area contributed by atoms with Crippen LogP contribution in [0.4, 0.5) is 0 Å². The maximum absolute atomic E-state index is 5.36. The summed E-state index contributed by atoms with van der Waals surface area (Å²) < 4.78 is 10.5. The Labute approximate surface area is 114 Å². The molecule has 0 bridgehead atoms. The van der Waals surface area contributed by atoms with Crippen molar-refractivity contribution in [2.45, 2.75) is 25.1 Å². The van der Waals surface area contributed by atoms with Crippen LogP contribution in [-0.2, 0) is 6.54 Å². The van der Waals surface area contributed by atoms with Gasteiger partial charge in [-0.15, -0.1) is 0 Å². The van der Waals surface area contributed by atoms with Gasteiger partial charge in [-0.1, -0.05) is 13.0 Å². The number of hydrogen-bond acceptors (Lipinski definition) is 4. The fourth-order valence-electron chi connectivity index (χ4n) is 1.64. The number of benzene rings is 1. The highest BCUT2D eigenvalue weighted by atomic mass is 32.2. The fraction of sp³-hybridized carbons (Fsp3) is 0.571. The second kappa shape index (κ2) is 8.27. The van der Waals surface area contributed by atoms with E-state index in [-0.39, 0.29) is 0 Å². The zero-order chi connectivity index (χ0) is 13.4. The molecule has 18 heavy (non-hydrogen) atoms. The standard InChI is InChI=1S/C14H23NO2S/c1-11(18-4)7-8-15-10-12-5-6-13(16-2)9-14(12)17-3/h5-6,9,11,15H,7-8,10H2,1-4H3. The number of thioether (sulfide) groups is 1. The molecule has 0 aliphatic rings. The van der Waals surface area contributed by atoms with Crippen molar-refractivity contribution in [3.05, 3.63) is 23.8 Å². The van der Waals surface area contributed by atoms with Crippen molar-refractivity contribution >= 4 is 11.8 Å². The van der Waals surface area contributed by atoms with Crippen molar-refractivity contribution in [3.8, 4) is 11.5 Å². The van der Waals surface area contributed by atoms with E-state index in [4.69, 9.17) is 9.47 Å². The van der Waals surface area contributed by atoms with Gasteiger partial charge >= 0.3 is 0 Å². The van der Waals surface area contributed by atoms with Crippen LogP contribution in [0.25, 0.3) is 0 Å². The minimum Gasteiger partial charge on any atom is -0.497 e. The molecule has 0 saturated heterocycles. The van der Waals surface area contributed by atoms with Gasteiger partial charge in [0.1, 0.15) is 11.5 Å². The number of nitrogens with one attached hydrogen (secondary N) is 1. The molecular weight excluding hydrogens is 246 g/mol. The molecule has 0 amide bonds. The second-order valence-electron chi connectivity index (χ2n) is 4.19. The maximum atomic E-state index is 5.36. The molecule has 0 heterocycles. The van der Waals surface area contributed by atoms with E-state index < -0.39 is 0 Å². The van der Waals surface area contributed by atoms with E-state index in [0.717, 1.165) is 30.2 Å². The van der Waals surface area contributed by atoms with Gasteiger partial charge < -0.3 is 14.8 Å². The van der Waals surface area contributed by atoms with Crippen LogP contribution in [0.15, 0.2) is 18.2 Å². The van der Waals surface area contributed by atoms with Crippen LogP contribution in [0.2, 0.25) is 0 Å². The Bertz CT molecular complexity index is 358. The lowest BCUT2D eigenvalue weighted by atomic mass is 10.2. The second-order valence-corrected chi connectivity index (χ2v) is 5.47. The summed E-state index contributed by atoms with van der Waals surface area (Å²) in [4.78, 5) is 0. The third-order valence-electron chi connectivity index (χ3n) is 2.94. The number of ether oxygens (including phenoxy) is 2. The molecule has 1 aromatic carbocycles. The molecule has 102 valence electrons. The summed E-state index contributed by atoms with van der Waals surface area (Å²) in [7, 11) is 3.35. The van der Waals surface area contributed by atoms with Crippen LogP contribution in [-0.4, -0.2) is 32.3 Å². The van der Waals surface area contributed by atoms with Gasteiger partial charge in [-0.2, -0.15) is 11.8 Å². The molecule has 0 aliphatic heterocycles. The summed E-state index contributed by atoms with van der Waals surface area (Å²) in [5.74, 6) is 1.70. The summed E-state index contributed by atoms with van der Waals surface area (Å²) in [6.07, 6.45) is 3.33. The average Bonchev–Trinajstić information content (AvgIpc) is 2.43. The van der Waals surface area contributed by atoms with Crippen molar-refractivity contribution in [2.24, 2.45) is 0 Å². The molecular formula is C14H23NO2S. The van der Waals surface area contributed by atoms with E-state index in [1.807, 2.05) is 30.0 Å². The van der Waals surface area contributed by atoms with Gasteiger partial charge in [-0.05, 0) is 25.3 Å². The quantitative estimate of drug-likeness (QED) is 0.735. The van der Waals surface area contributed by atoms with Gasteiger partial charge in [0.15, 0.2) is 0 Å². The molecule has 0 radical (unpaired) electrons. The lowest BCUT2D eigenvalue weighted by molar-refractivity contribution is 0.390. The first-order valence-electron chi connectivity index (χ1n) is 6.15. The Morgan fingerprint density at radius 1 is 1.28 bits per heavy atom. The van der Waals surface area contributed by atoms with Crippen molar-refractivity contribution in [3.63, 3.8) is 0 Å².